The molecule has 0 aliphatic carbocycles. The number of hydrogen-bond donors (Lipinski definition) is 2. The summed E-state index contributed by atoms with van der Waals surface area (Å²) in [7, 11) is 1.64. The molecular weight excluding hydrogens is 364 g/mol. The Labute approximate surface area is 168 Å². The van der Waals surface area contributed by atoms with E-state index in [4.69, 9.17) is 4.74 Å². The van der Waals surface area contributed by atoms with Crippen LogP contribution < -0.4 is 10.2 Å². The highest BCUT2D eigenvalue weighted by molar-refractivity contribution is 6.05. The molecule has 0 bridgehead atoms. The number of aromatic hydroxyl groups is 1. The van der Waals surface area contributed by atoms with Crippen molar-refractivity contribution in [1.82, 2.24) is 5.43 Å². The molecule has 4 rings (SSSR count). The second kappa shape index (κ2) is 7.64. The topological polar surface area (TPSA) is 70.9 Å². The van der Waals surface area contributed by atoms with Crippen LogP contribution in [0.1, 0.15) is 22.8 Å². The minimum atomic E-state index is -0.460. The van der Waals surface area contributed by atoms with Crippen molar-refractivity contribution in [3.05, 3.63) is 83.9 Å². The fourth-order valence-corrected chi connectivity index (χ4v) is 3.25. The monoisotopic (exact) mass is 384 g/mol. The predicted molar refractivity (Wildman–Crippen MR) is 116 cm³/mol. The number of phenols is 1. The molecule has 0 aliphatic heterocycles. The lowest BCUT2D eigenvalue weighted by molar-refractivity contribution is 0.0952. The second-order valence-electron chi connectivity index (χ2n) is 6.78. The average Bonchev–Trinajstić information content (AvgIpc) is 2.75. The van der Waals surface area contributed by atoms with E-state index in [1.54, 1.807) is 19.2 Å². The van der Waals surface area contributed by atoms with Crippen LogP contribution in [-0.2, 0) is 0 Å². The van der Waals surface area contributed by atoms with Gasteiger partial charge in [-0.05, 0) is 64.4 Å². The van der Waals surface area contributed by atoms with Gasteiger partial charge in [0.15, 0.2) is 0 Å². The van der Waals surface area contributed by atoms with Crippen LogP contribution >= 0.6 is 0 Å². The summed E-state index contributed by atoms with van der Waals surface area (Å²) < 4.78 is 5.25. The summed E-state index contributed by atoms with van der Waals surface area (Å²) in [6, 6.07) is 22.6. The van der Waals surface area contributed by atoms with Crippen LogP contribution in [0.2, 0.25) is 0 Å². The zero-order valence-electron chi connectivity index (χ0n) is 16.1. The lowest BCUT2D eigenvalue weighted by Crippen LogP contribution is -2.19. The summed E-state index contributed by atoms with van der Waals surface area (Å²) in [4.78, 5) is 12.5. The molecule has 0 saturated heterocycles. The Hall–Kier alpha value is -3.86. The molecule has 1 amide bonds. The molecule has 0 saturated carbocycles. The number of phenolic OH excluding ortho intramolecular Hbond substituents is 1. The zero-order chi connectivity index (χ0) is 20.4. The summed E-state index contributed by atoms with van der Waals surface area (Å²) >= 11 is 0. The van der Waals surface area contributed by atoms with Crippen LogP contribution in [0.3, 0.4) is 0 Å². The zero-order valence-corrected chi connectivity index (χ0v) is 16.1. The van der Waals surface area contributed by atoms with Crippen molar-refractivity contribution in [3.8, 4) is 11.5 Å². The predicted octanol–water partition coefficient (Wildman–Crippen LogP) is 4.86. The lowest BCUT2D eigenvalue weighted by Gasteiger charge is -2.08. The van der Waals surface area contributed by atoms with Crippen LogP contribution in [0.4, 0.5) is 0 Å². The second-order valence-corrected chi connectivity index (χ2v) is 6.78. The molecule has 2 N–H and O–H groups in total. The summed E-state index contributed by atoms with van der Waals surface area (Å²) in [6.07, 6.45) is 0. The summed E-state index contributed by atoms with van der Waals surface area (Å²) in [5.74, 6) is 0.268. The number of rotatable bonds is 4. The fourth-order valence-electron chi connectivity index (χ4n) is 3.25. The quantitative estimate of drug-likeness (QED) is 0.390. The van der Waals surface area contributed by atoms with E-state index in [-0.39, 0.29) is 11.3 Å². The molecule has 0 spiro atoms. The number of carbonyl (C=O) groups is 1. The van der Waals surface area contributed by atoms with Gasteiger partial charge in [-0.3, -0.25) is 4.79 Å². The third kappa shape index (κ3) is 3.75. The highest BCUT2D eigenvalue weighted by Crippen LogP contribution is 2.25. The van der Waals surface area contributed by atoms with Gasteiger partial charge in [-0.2, -0.15) is 5.10 Å². The van der Waals surface area contributed by atoms with Gasteiger partial charge in [-0.15, -0.1) is 0 Å². The van der Waals surface area contributed by atoms with Gasteiger partial charge < -0.3 is 9.84 Å². The smallest absolute Gasteiger partial charge is 0.275 e. The number of methoxy groups -OCH3 is 1. The van der Waals surface area contributed by atoms with Crippen LogP contribution in [0.5, 0.6) is 11.5 Å². The van der Waals surface area contributed by atoms with Crippen LogP contribution in [0.15, 0.2) is 77.9 Å². The molecule has 0 heterocycles. The van der Waals surface area contributed by atoms with Gasteiger partial charge in [0, 0.05) is 0 Å². The molecule has 0 fully saturated rings. The van der Waals surface area contributed by atoms with Gasteiger partial charge >= 0.3 is 0 Å². The Balaban J connectivity index is 1.57. The van der Waals surface area contributed by atoms with Crippen molar-refractivity contribution < 1.29 is 14.6 Å². The average molecular weight is 384 g/mol. The molecule has 4 aromatic carbocycles. The molecule has 29 heavy (non-hydrogen) atoms. The van der Waals surface area contributed by atoms with Gasteiger partial charge in [-0.1, -0.05) is 42.5 Å². The minimum absolute atomic E-state index is 0.0753. The van der Waals surface area contributed by atoms with E-state index in [2.05, 4.69) is 10.5 Å². The van der Waals surface area contributed by atoms with Crippen molar-refractivity contribution in [2.75, 3.05) is 7.11 Å². The molecule has 0 unspecified atom stereocenters. The Morgan fingerprint density at radius 2 is 1.55 bits per heavy atom. The van der Waals surface area contributed by atoms with Crippen LogP contribution in [0, 0.1) is 0 Å². The van der Waals surface area contributed by atoms with Crippen molar-refractivity contribution in [3.63, 3.8) is 0 Å². The van der Waals surface area contributed by atoms with E-state index < -0.39 is 5.91 Å². The standard InChI is InChI=1S/C24H20N2O3/c1-15(16-7-8-20-12-21(29-2)10-9-19(20)11-16)25-26-24(28)22-13-17-5-3-4-6-18(17)14-23(22)27/h3-14,27H,1-2H3,(H,26,28)/b25-15+. The highest BCUT2D eigenvalue weighted by Gasteiger charge is 2.12. The van der Waals surface area contributed by atoms with E-state index in [0.29, 0.717) is 5.71 Å². The largest absolute Gasteiger partial charge is 0.507 e. The number of ether oxygens (including phenoxy) is 1. The van der Waals surface area contributed by atoms with E-state index in [9.17, 15) is 9.90 Å². The first kappa shape index (κ1) is 18.5. The third-order valence-corrected chi connectivity index (χ3v) is 4.90. The number of hydrogen-bond acceptors (Lipinski definition) is 4. The summed E-state index contributed by atoms with van der Waals surface area (Å²) in [6.45, 7) is 1.82. The number of fused-ring (bicyclic) bond motifs is 2. The first-order chi connectivity index (χ1) is 14.0. The number of benzene rings is 4. The fraction of sp³-hybridized carbons (Fsp3) is 0.0833. The van der Waals surface area contributed by atoms with Gasteiger partial charge in [0.1, 0.15) is 11.5 Å². The molecule has 5 heteroatoms. The Morgan fingerprint density at radius 1 is 0.897 bits per heavy atom. The number of carbonyl (C=O) groups excluding carboxylic acids is 1. The SMILES string of the molecule is COc1ccc2cc(/C(C)=N/NC(=O)c3cc4ccccc4cc3O)ccc2c1. The number of nitrogens with one attached hydrogen (secondary N) is 1. The summed E-state index contributed by atoms with van der Waals surface area (Å²) in [5.41, 5.74) is 4.28. The molecule has 0 atom stereocenters. The van der Waals surface area contributed by atoms with Crippen molar-refractivity contribution in [1.29, 1.82) is 0 Å². The maximum atomic E-state index is 12.5. The van der Waals surface area contributed by atoms with Gasteiger partial charge in [0.05, 0.1) is 18.4 Å². The molecule has 5 nitrogen and oxygen atoms in total. The number of hydrazone groups is 1. The Bertz CT molecular complexity index is 1260. The van der Waals surface area contributed by atoms with E-state index in [0.717, 1.165) is 32.9 Å². The van der Waals surface area contributed by atoms with Gasteiger partial charge in [0.2, 0.25) is 0 Å². The molecule has 144 valence electrons. The molecule has 0 aliphatic rings. The van der Waals surface area contributed by atoms with Gasteiger partial charge in [-0.25, -0.2) is 5.43 Å². The molecule has 4 aromatic rings. The van der Waals surface area contributed by atoms with Crippen molar-refractivity contribution >= 4 is 33.2 Å². The highest BCUT2D eigenvalue weighted by atomic mass is 16.5. The molecular formula is C24H20N2O3. The summed E-state index contributed by atoms with van der Waals surface area (Å²) in [5, 5.41) is 18.3. The number of nitrogens with zero attached hydrogens (tertiary/aromatic N) is 1. The first-order valence-corrected chi connectivity index (χ1v) is 9.20. The van der Waals surface area contributed by atoms with Gasteiger partial charge in [0.25, 0.3) is 5.91 Å². The normalized spacial score (nSPS) is 11.6. The van der Waals surface area contributed by atoms with E-state index >= 15 is 0 Å². The molecule has 0 radical (unpaired) electrons. The van der Waals surface area contributed by atoms with Crippen LogP contribution in [0.25, 0.3) is 21.5 Å². The lowest BCUT2D eigenvalue weighted by atomic mass is 10.0. The maximum Gasteiger partial charge on any atom is 0.275 e. The molecule has 0 aromatic heterocycles. The van der Waals surface area contributed by atoms with E-state index in [1.165, 1.54) is 0 Å². The van der Waals surface area contributed by atoms with E-state index in [1.807, 2.05) is 67.6 Å². The minimum Gasteiger partial charge on any atom is -0.507 e. The Morgan fingerprint density at radius 3 is 2.31 bits per heavy atom. The number of amides is 1. The maximum absolute atomic E-state index is 12.5. The first-order valence-electron chi connectivity index (χ1n) is 9.20. The van der Waals surface area contributed by atoms with Crippen LogP contribution in [-0.4, -0.2) is 23.8 Å². The van der Waals surface area contributed by atoms with Crippen molar-refractivity contribution in [2.24, 2.45) is 5.10 Å². The third-order valence-electron chi connectivity index (χ3n) is 4.90. The van der Waals surface area contributed by atoms with Crippen molar-refractivity contribution in [2.45, 2.75) is 6.92 Å². The Kier molecular flexibility index (Phi) is 4.87.